The van der Waals surface area contributed by atoms with Gasteiger partial charge in [-0.1, -0.05) is 238 Å². The molecule has 2 N–H and O–H groups in total. The van der Waals surface area contributed by atoms with Gasteiger partial charge in [-0.05, 0) is 63.0 Å². The van der Waals surface area contributed by atoms with Crippen molar-refractivity contribution >= 4 is 11.5 Å². The summed E-state index contributed by atoms with van der Waals surface area (Å²) in [7, 11) is 0. The maximum Gasteiger partial charge on any atom is 0.162 e. The Morgan fingerprint density at radius 2 is 0.567 bits per heavy atom. The minimum Gasteiger partial charge on any atom is -0.504 e. The molecule has 4 nitrogen and oxygen atoms in total. The molecule has 60 heavy (non-hydrogen) atoms. The zero-order valence-electron chi connectivity index (χ0n) is 40.0. The maximum atomic E-state index is 12.3. The lowest BCUT2D eigenvalue weighted by atomic mass is 9.94. The third kappa shape index (κ3) is 26.7. The predicted molar refractivity (Wildman–Crippen MR) is 262 cm³/mol. The average Bonchev–Trinajstić information content (AvgIpc) is 3.24. The molecular formula is C56H101NO3. The van der Waals surface area contributed by atoms with Gasteiger partial charge in [-0.2, -0.15) is 0 Å². The van der Waals surface area contributed by atoms with Crippen LogP contribution < -0.4 is 4.90 Å². The summed E-state index contributed by atoms with van der Waals surface area (Å²) >= 11 is 0. The fourth-order valence-electron chi connectivity index (χ4n) is 10.5. The van der Waals surface area contributed by atoms with Crippen molar-refractivity contribution in [2.75, 3.05) is 18.0 Å². The zero-order chi connectivity index (χ0) is 42.4. The number of aromatic hydroxyl groups is 2. The van der Waals surface area contributed by atoms with Crippen LogP contribution in [0.25, 0.3) is 0 Å². The van der Waals surface area contributed by atoms with Crippen molar-refractivity contribution in [1.82, 2.24) is 0 Å². The number of anilines is 1. The van der Waals surface area contributed by atoms with E-state index in [2.05, 4.69) is 4.90 Å². The van der Waals surface area contributed by atoms with Crippen molar-refractivity contribution in [3.8, 4) is 11.5 Å². The number of rotatable bonds is 1. The molecule has 1 aromatic rings. The van der Waals surface area contributed by atoms with Crippen LogP contribution in [0.5, 0.6) is 11.5 Å². The number of phenols is 2. The second-order valence-electron chi connectivity index (χ2n) is 20.0. The molecule has 0 atom stereocenters. The van der Waals surface area contributed by atoms with Crippen LogP contribution >= 0.6 is 0 Å². The number of nitrogens with zero attached hydrogens (tertiary/aromatic N) is 1. The minimum absolute atomic E-state index is 0.106. The number of hydrogen-bond donors (Lipinski definition) is 2. The molecule has 2 aliphatic rings. The Bertz CT molecular complexity index is 1120. The molecule has 4 heteroatoms. The standard InChI is InChI=1S/C56H101NO3/c58-52-45-39-33-27-21-16-18-24-30-36-42-48-57(49-43-37-31-25-19-17-22-28-34-40-46-52)55-51-44-38-32-26-20-14-12-10-8-6-4-2-1-3-5-7-9-11-13-15-23-29-35-41-47-53(55)56(60)54(59)50-51/h50,59-60H,1-49H2. The van der Waals surface area contributed by atoms with Crippen molar-refractivity contribution < 1.29 is 15.0 Å². The molecule has 1 heterocycles. The molecule has 348 valence electrons. The van der Waals surface area contributed by atoms with E-state index >= 15 is 0 Å². The number of carbonyl (C=O) groups excluding carboxylic acids is 1. The number of carbonyl (C=O) groups is 1. The Morgan fingerprint density at radius 1 is 0.317 bits per heavy atom. The van der Waals surface area contributed by atoms with Crippen LogP contribution in [0.4, 0.5) is 5.69 Å². The molecule has 1 aliphatic carbocycles. The van der Waals surface area contributed by atoms with Crippen LogP contribution in [-0.4, -0.2) is 29.1 Å². The van der Waals surface area contributed by atoms with E-state index in [1.54, 1.807) is 0 Å². The van der Waals surface area contributed by atoms with Crippen LogP contribution in [0.15, 0.2) is 6.07 Å². The summed E-state index contributed by atoms with van der Waals surface area (Å²) in [5.74, 6) is 0.773. The van der Waals surface area contributed by atoms with E-state index in [0.29, 0.717) is 5.78 Å². The van der Waals surface area contributed by atoms with E-state index in [1.165, 1.54) is 268 Å². The molecule has 0 amide bonds. The van der Waals surface area contributed by atoms with Gasteiger partial charge in [0, 0.05) is 37.2 Å². The topological polar surface area (TPSA) is 60.8 Å². The highest BCUT2D eigenvalue weighted by atomic mass is 16.3. The molecule has 0 unspecified atom stereocenters. The molecule has 0 spiro atoms. The molecule has 3 rings (SSSR count). The Kier molecular flexibility index (Phi) is 33.2. The maximum absolute atomic E-state index is 12.3. The third-order valence-electron chi connectivity index (χ3n) is 14.4. The van der Waals surface area contributed by atoms with Crippen molar-refractivity contribution in [2.45, 2.75) is 302 Å². The Hall–Kier alpha value is -1.71. The summed E-state index contributed by atoms with van der Waals surface area (Å²) in [6.45, 7) is 2.12. The molecule has 0 radical (unpaired) electrons. The summed E-state index contributed by atoms with van der Waals surface area (Å²) in [6.07, 6.45) is 60.2. The van der Waals surface area contributed by atoms with E-state index in [-0.39, 0.29) is 11.5 Å². The minimum atomic E-state index is 0.106. The predicted octanol–water partition coefficient (Wildman–Crippen LogP) is 18.1. The van der Waals surface area contributed by atoms with E-state index in [4.69, 9.17) is 0 Å². The quantitative estimate of drug-likeness (QED) is 0.277. The lowest BCUT2D eigenvalue weighted by Crippen LogP contribution is -2.28. The number of benzene rings is 1. The normalized spacial score (nSPS) is 22.5. The second-order valence-corrected chi connectivity index (χ2v) is 20.0. The molecule has 0 saturated carbocycles. The van der Waals surface area contributed by atoms with Gasteiger partial charge >= 0.3 is 0 Å². The average molecular weight is 836 g/mol. The fourth-order valence-corrected chi connectivity index (χ4v) is 10.5. The van der Waals surface area contributed by atoms with Crippen molar-refractivity contribution in [2.24, 2.45) is 0 Å². The van der Waals surface area contributed by atoms with Gasteiger partial charge in [0.1, 0.15) is 5.78 Å². The first-order chi connectivity index (χ1) is 29.7. The van der Waals surface area contributed by atoms with E-state index in [0.717, 1.165) is 63.6 Å². The van der Waals surface area contributed by atoms with Crippen molar-refractivity contribution in [1.29, 1.82) is 0 Å². The Balaban J connectivity index is 1.67. The Morgan fingerprint density at radius 3 is 0.883 bits per heavy atom. The number of fused-ring (bicyclic) bond motifs is 2. The summed E-state index contributed by atoms with van der Waals surface area (Å²) in [4.78, 5) is 15.0. The van der Waals surface area contributed by atoms with Gasteiger partial charge in [0.05, 0.1) is 0 Å². The van der Waals surface area contributed by atoms with Gasteiger partial charge in [-0.25, -0.2) is 0 Å². The van der Waals surface area contributed by atoms with Gasteiger partial charge < -0.3 is 15.1 Å². The summed E-state index contributed by atoms with van der Waals surface area (Å²) < 4.78 is 0. The molecule has 1 aromatic carbocycles. The largest absolute Gasteiger partial charge is 0.504 e. The summed E-state index contributed by atoms with van der Waals surface area (Å²) in [6, 6.07) is 1.96. The van der Waals surface area contributed by atoms with Gasteiger partial charge in [0.25, 0.3) is 0 Å². The van der Waals surface area contributed by atoms with Crippen LogP contribution in [0.3, 0.4) is 0 Å². The number of hydrogen-bond acceptors (Lipinski definition) is 4. The lowest BCUT2D eigenvalue weighted by molar-refractivity contribution is -0.119. The van der Waals surface area contributed by atoms with Gasteiger partial charge in [0.15, 0.2) is 11.5 Å². The van der Waals surface area contributed by atoms with Crippen LogP contribution in [0.1, 0.15) is 300 Å². The zero-order valence-corrected chi connectivity index (χ0v) is 40.0. The highest BCUT2D eigenvalue weighted by Gasteiger charge is 2.22. The molecule has 2 bridgehead atoms. The molecular weight excluding hydrogens is 735 g/mol. The number of Topliss-reactive ketones (excluding diaryl/α,β-unsaturated/α-hetero) is 1. The molecule has 0 aromatic heterocycles. The second kappa shape index (κ2) is 37.8. The van der Waals surface area contributed by atoms with E-state index < -0.39 is 0 Å². The number of aryl methyl sites for hydroxylation is 1. The monoisotopic (exact) mass is 836 g/mol. The van der Waals surface area contributed by atoms with Crippen LogP contribution in [0.2, 0.25) is 0 Å². The van der Waals surface area contributed by atoms with E-state index in [9.17, 15) is 15.0 Å². The molecule has 1 aliphatic heterocycles. The fraction of sp³-hybridized carbons (Fsp3) is 0.875. The first-order valence-corrected chi connectivity index (χ1v) is 27.5. The Labute approximate surface area is 373 Å². The summed E-state index contributed by atoms with van der Waals surface area (Å²) in [5.41, 5.74) is 3.63. The summed E-state index contributed by atoms with van der Waals surface area (Å²) in [5, 5.41) is 22.8. The van der Waals surface area contributed by atoms with E-state index in [1.807, 2.05) is 6.07 Å². The van der Waals surface area contributed by atoms with Gasteiger partial charge in [-0.3, -0.25) is 4.79 Å². The van der Waals surface area contributed by atoms with Crippen molar-refractivity contribution in [3.63, 3.8) is 0 Å². The molecule has 1 fully saturated rings. The number of phenolic OH excluding ortho intramolecular Hbond substituents is 2. The number of ketones is 1. The van der Waals surface area contributed by atoms with Crippen LogP contribution in [-0.2, 0) is 17.6 Å². The highest BCUT2D eigenvalue weighted by molar-refractivity contribution is 5.78. The van der Waals surface area contributed by atoms with Gasteiger partial charge in [0.2, 0.25) is 0 Å². The van der Waals surface area contributed by atoms with Gasteiger partial charge in [-0.15, -0.1) is 0 Å². The molecule has 1 saturated heterocycles. The SMILES string of the molecule is O=C1CCCCCCCCCCCCN(c2c3cc(O)c(O)c2CCCCCCCCCCCCCCCCCCCCCCCCC3)CCCCCCCCCCCC1. The highest BCUT2D eigenvalue weighted by Crippen LogP contribution is 2.42. The van der Waals surface area contributed by atoms with Crippen LogP contribution in [0, 0.1) is 0 Å². The smallest absolute Gasteiger partial charge is 0.162 e. The third-order valence-corrected chi connectivity index (χ3v) is 14.4. The lowest BCUT2D eigenvalue weighted by Gasteiger charge is -2.31. The first-order valence-electron chi connectivity index (χ1n) is 27.5. The first kappa shape index (κ1) is 52.6. The van der Waals surface area contributed by atoms with Crippen molar-refractivity contribution in [3.05, 3.63) is 17.2 Å².